The zero-order valence-electron chi connectivity index (χ0n) is 12.4. The molecule has 2 N–H and O–H groups in total. The van der Waals surface area contributed by atoms with Crippen LogP contribution in [0.15, 0.2) is 47.2 Å². The Morgan fingerprint density at radius 2 is 2.17 bits per heavy atom. The zero-order chi connectivity index (χ0) is 15.6. The quantitative estimate of drug-likeness (QED) is 0.781. The van der Waals surface area contributed by atoms with Gasteiger partial charge in [0.25, 0.3) is 5.91 Å². The molecule has 0 aliphatic carbocycles. The van der Waals surface area contributed by atoms with Crippen LogP contribution >= 0.6 is 0 Å². The number of fused-ring (bicyclic) bond motifs is 1. The highest BCUT2D eigenvalue weighted by Gasteiger charge is 2.19. The number of nitrogens with one attached hydrogen (secondary N) is 2. The molecule has 5 heteroatoms. The number of hydrogen-bond acceptors (Lipinski definition) is 3. The van der Waals surface area contributed by atoms with Crippen molar-refractivity contribution in [2.45, 2.75) is 6.42 Å². The molecule has 114 valence electrons. The number of hydrogen-bond donors (Lipinski definition) is 2. The second kappa shape index (κ2) is 5.61. The first-order valence-electron chi connectivity index (χ1n) is 7.48. The average molecular weight is 305 g/mol. The summed E-state index contributed by atoms with van der Waals surface area (Å²) in [6, 6.07) is 9.54. The van der Waals surface area contributed by atoms with Crippen molar-refractivity contribution in [1.82, 2.24) is 15.3 Å². The molecule has 0 radical (unpaired) electrons. The molecule has 23 heavy (non-hydrogen) atoms. The molecule has 5 nitrogen and oxygen atoms in total. The zero-order valence-corrected chi connectivity index (χ0v) is 12.4. The lowest BCUT2D eigenvalue weighted by atomic mass is 10.1. The van der Waals surface area contributed by atoms with Gasteiger partial charge in [0.2, 0.25) is 0 Å². The van der Waals surface area contributed by atoms with Crippen molar-refractivity contribution in [2.24, 2.45) is 0 Å². The monoisotopic (exact) mass is 305 g/mol. The molecule has 0 spiro atoms. The van der Waals surface area contributed by atoms with E-state index in [0.29, 0.717) is 6.54 Å². The maximum absolute atomic E-state index is 11.9. The van der Waals surface area contributed by atoms with E-state index in [1.165, 1.54) is 0 Å². The Bertz CT molecular complexity index is 876. The minimum atomic E-state index is -0.0132. The SMILES string of the molecule is O=C1NCCc2[nH]c(-c3ccnc(/C=C\c4ccco4)c3)cc21. The van der Waals surface area contributed by atoms with Gasteiger partial charge in [-0.15, -0.1) is 0 Å². The number of aromatic nitrogens is 2. The fraction of sp³-hybridized carbons (Fsp3) is 0.111. The van der Waals surface area contributed by atoms with Gasteiger partial charge in [-0.3, -0.25) is 9.78 Å². The lowest BCUT2D eigenvalue weighted by Crippen LogP contribution is -2.31. The Morgan fingerprint density at radius 1 is 1.22 bits per heavy atom. The number of H-pyrrole nitrogens is 1. The Kier molecular flexibility index (Phi) is 3.31. The second-order valence-corrected chi connectivity index (χ2v) is 5.40. The van der Waals surface area contributed by atoms with E-state index in [9.17, 15) is 4.79 Å². The molecule has 1 amide bonds. The number of carbonyl (C=O) groups excluding carboxylic acids is 1. The first-order valence-corrected chi connectivity index (χ1v) is 7.48. The third-order valence-corrected chi connectivity index (χ3v) is 3.86. The van der Waals surface area contributed by atoms with Crippen molar-refractivity contribution < 1.29 is 9.21 Å². The van der Waals surface area contributed by atoms with E-state index < -0.39 is 0 Å². The molecular formula is C18H15N3O2. The van der Waals surface area contributed by atoms with Gasteiger partial charge >= 0.3 is 0 Å². The molecule has 1 aliphatic heterocycles. The van der Waals surface area contributed by atoms with Gasteiger partial charge in [0.15, 0.2) is 0 Å². The highest BCUT2D eigenvalue weighted by Crippen LogP contribution is 2.24. The minimum absolute atomic E-state index is 0.0132. The van der Waals surface area contributed by atoms with Crippen LogP contribution in [0.3, 0.4) is 0 Å². The molecular weight excluding hydrogens is 290 g/mol. The maximum atomic E-state index is 11.9. The summed E-state index contributed by atoms with van der Waals surface area (Å²) in [7, 11) is 0. The maximum Gasteiger partial charge on any atom is 0.253 e. The first-order chi connectivity index (χ1) is 11.3. The second-order valence-electron chi connectivity index (χ2n) is 5.40. The number of carbonyl (C=O) groups is 1. The van der Waals surface area contributed by atoms with Gasteiger partial charge in [0.05, 0.1) is 17.5 Å². The van der Waals surface area contributed by atoms with Gasteiger partial charge in [-0.05, 0) is 42.5 Å². The van der Waals surface area contributed by atoms with Gasteiger partial charge in [-0.2, -0.15) is 0 Å². The Labute approximate surface area is 133 Å². The topological polar surface area (TPSA) is 70.9 Å². The summed E-state index contributed by atoms with van der Waals surface area (Å²) >= 11 is 0. The van der Waals surface area contributed by atoms with E-state index >= 15 is 0 Å². The van der Waals surface area contributed by atoms with Crippen LogP contribution in [-0.4, -0.2) is 22.4 Å². The van der Waals surface area contributed by atoms with Crippen molar-refractivity contribution in [1.29, 1.82) is 0 Å². The molecule has 0 fully saturated rings. The molecule has 4 heterocycles. The fourth-order valence-electron chi connectivity index (χ4n) is 2.71. The third kappa shape index (κ3) is 2.68. The van der Waals surface area contributed by atoms with Crippen LogP contribution in [0.4, 0.5) is 0 Å². The highest BCUT2D eigenvalue weighted by molar-refractivity contribution is 5.97. The molecule has 0 bridgehead atoms. The number of nitrogens with zero attached hydrogens (tertiary/aromatic N) is 1. The summed E-state index contributed by atoms with van der Waals surface area (Å²) in [4.78, 5) is 19.6. The van der Waals surface area contributed by atoms with E-state index in [1.54, 1.807) is 12.5 Å². The summed E-state index contributed by atoms with van der Waals surface area (Å²) in [5.41, 5.74) is 4.49. The molecule has 0 saturated heterocycles. The lowest BCUT2D eigenvalue weighted by molar-refractivity contribution is 0.0946. The number of pyridine rings is 1. The average Bonchev–Trinajstić information content (AvgIpc) is 3.23. The largest absolute Gasteiger partial charge is 0.465 e. The Hall–Kier alpha value is -3.08. The van der Waals surface area contributed by atoms with Crippen LogP contribution < -0.4 is 5.32 Å². The molecule has 3 aromatic heterocycles. The van der Waals surface area contributed by atoms with E-state index in [1.807, 2.05) is 42.5 Å². The van der Waals surface area contributed by atoms with Crippen molar-refractivity contribution in [3.05, 3.63) is 65.5 Å². The number of furan rings is 1. The molecule has 4 rings (SSSR count). The highest BCUT2D eigenvalue weighted by atomic mass is 16.3. The van der Waals surface area contributed by atoms with Crippen LogP contribution in [0.25, 0.3) is 23.4 Å². The predicted molar refractivity (Wildman–Crippen MR) is 87.7 cm³/mol. The third-order valence-electron chi connectivity index (χ3n) is 3.86. The summed E-state index contributed by atoms with van der Waals surface area (Å²) in [6.07, 6.45) is 8.00. The number of aromatic amines is 1. The summed E-state index contributed by atoms with van der Waals surface area (Å²) in [5.74, 6) is 0.768. The smallest absolute Gasteiger partial charge is 0.253 e. The minimum Gasteiger partial charge on any atom is -0.465 e. The number of amides is 1. The molecule has 3 aromatic rings. The van der Waals surface area contributed by atoms with E-state index in [4.69, 9.17) is 4.42 Å². The van der Waals surface area contributed by atoms with Crippen molar-refractivity contribution in [2.75, 3.05) is 6.54 Å². The lowest BCUT2D eigenvalue weighted by Gasteiger charge is -2.10. The molecule has 0 atom stereocenters. The van der Waals surface area contributed by atoms with E-state index in [-0.39, 0.29) is 5.91 Å². The van der Waals surface area contributed by atoms with Crippen molar-refractivity contribution in [3.8, 4) is 11.3 Å². The first kappa shape index (κ1) is 13.6. The van der Waals surface area contributed by atoms with Gasteiger partial charge in [-0.25, -0.2) is 0 Å². The van der Waals surface area contributed by atoms with Crippen molar-refractivity contribution >= 4 is 18.1 Å². The van der Waals surface area contributed by atoms with Crippen molar-refractivity contribution in [3.63, 3.8) is 0 Å². The summed E-state index contributed by atoms with van der Waals surface area (Å²) in [5, 5.41) is 2.86. The van der Waals surface area contributed by atoms with E-state index in [2.05, 4.69) is 15.3 Å². The predicted octanol–water partition coefficient (Wildman–Crippen LogP) is 3.13. The summed E-state index contributed by atoms with van der Waals surface area (Å²) in [6.45, 7) is 0.680. The molecule has 0 aromatic carbocycles. The van der Waals surface area contributed by atoms with Gasteiger partial charge < -0.3 is 14.7 Å². The Morgan fingerprint density at radius 3 is 3.00 bits per heavy atom. The van der Waals surface area contributed by atoms with Crippen LogP contribution in [0.5, 0.6) is 0 Å². The number of rotatable bonds is 3. The van der Waals surface area contributed by atoms with Crippen LogP contribution in [0, 0.1) is 0 Å². The van der Waals surface area contributed by atoms with E-state index in [0.717, 1.165) is 40.4 Å². The molecule has 1 aliphatic rings. The van der Waals surface area contributed by atoms with Crippen LogP contribution in [-0.2, 0) is 6.42 Å². The molecule has 0 unspecified atom stereocenters. The van der Waals surface area contributed by atoms with Crippen LogP contribution in [0.1, 0.15) is 27.5 Å². The van der Waals surface area contributed by atoms with Gasteiger partial charge in [0.1, 0.15) is 5.76 Å². The summed E-state index contributed by atoms with van der Waals surface area (Å²) < 4.78 is 5.27. The normalized spacial score (nSPS) is 14.0. The standard InChI is InChI=1S/C18H15N3O2/c22-18-15-11-17(21-16(15)6-8-20-18)12-5-7-19-13(10-12)3-4-14-2-1-9-23-14/h1-5,7,9-11,21H,6,8H2,(H,20,22)/b4-3-. The van der Waals surface area contributed by atoms with Gasteiger partial charge in [-0.1, -0.05) is 0 Å². The molecule has 0 saturated carbocycles. The van der Waals surface area contributed by atoms with Crippen LogP contribution in [0.2, 0.25) is 0 Å². The Balaban J connectivity index is 1.65. The fourth-order valence-corrected chi connectivity index (χ4v) is 2.71. The van der Waals surface area contributed by atoms with Gasteiger partial charge in [0, 0.05) is 36.1 Å².